The van der Waals surface area contributed by atoms with Crippen molar-refractivity contribution in [3.05, 3.63) is 59.2 Å². The van der Waals surface area contributed by atoms with Gasteiger partial charge in [0, 0.05) is 12.1 Å². The zero-order valence-electron chi connectivity index (χ0n) is 11.0. The van der Waals surface area contributed by atoms with Crippen molar-refractivity contribution in [3.63, 3.8) is 0 Å². The topological polar surface area (TPSA) is 17.8 Å². The Morgan fingerprint density at radius 3 is 2.57 bits per heavy atom. The number of hydrogen-bond acceptors (Lipinski definition) is 1. The van der Waals surface area contributed by atoms with Crippen LogP contribution in [0.15, 0.2) is 30.3 Å². The standard InChI is InChI=1S/C15H10ClF3N2/c1-8-4-11(19)14(6-10(8)18)21-13-3-2-9(17)5-12(13)20-15(21)7-16/h2-6H,7H2,1H3. The number of benzene rings is 2. The normalized spacial score (nSPS) is 11.3. The van der Waals surface area contributed by atoms with E-state index in [1.54, 1.807) is 0 Å². The van der Waals surface area contributed by atoms with Gasteiger partial charge in [-0.15, -0.1) is 11.6 Å². The average Bonchev–Trinajstić information content (AvgIpc) is 2.80. The van der Waals surface area contributed by atoms with E-state index in [2.05, 4.69) is 4.98 Å². The maximum atomic E-state index is 14.2. The van der Waals surface area contributed by atoms with Crippen molar-refractivity contribution < 1.29 is 13.2 Å². The van der Waals surface area contributed by atoms with Crippen LogP contribution in [-0.2, 0) is 5.88 Å². The third-order valence-corrected chi connectivity index (χ3v) is 3.51. The van der Waals surface area contributed by atoms with Crippen molar-refractivity contribution in [2.45, 2.75) is 12.8 Å². The van der Waals surface area contributed by atoms with Crippen LogP contribution >= 0.6 is 11.6 Å². The highest BCUT2D eigenvalue weighted by Gasteiger charge is 2.17. The van der Waals surface area contributed by atoms with Crippen LogP contribution in [-0.4, -0.2) is 9.55 Å². The summed E-state index contributed by atoms with van der Waals surface area (Å²) in [5.74, 6) is -1.27. The molecule has 0 amide bonds. The van der Waals surface area contributed by atoms with Crippen molar-refractivity contribution in [3.8, 4) is 5.69 Å². The van der Waals surface area contributed by atoms with E-state index in [9.17, 15) is 13.2 Å². The fourth-order valence-corrected chi connectivity index (χ4v) is 2.45. The number of fused-ring (bicyclic) bond motifs is 1. The smallest absolute Gasteiger partial charge is 0.147 e. The summed E-state index contributed by atoms with van der Waals surface area (Å²) in [6, 6.07) is 6.12. The Labute approximate surface area is 123 Å². The molecule has 6 heteroatoms. The van der Waals surface area contributed by atoms with Gasteiger partial charge in [0.1, 0.15) is 23.3 Å². The average molecular weight is 311 g/mol. The minimum atomic E-state index is -0.594. The van der Waals surface area contributed by atoms with Gasteiger partial charge in [-0.25, -0.2) is 18.2 Å². The van der Waals surface area contributed by atoms with Gasteiger partial charge >= 0.3 is 0 Å². The molecule has 0 atom stereocenters. The van der Waals surface area contributed by atoms with E-state index in [0.29, 0.717) is 16.9 Å². The van der Waals surface area contributed by atoms with Crippen LogP contribution in [0.2, 0.25) is 0 Å². The van der Waals surface area contributed by atoms with Crippen LogP contribution in [0.25, 0.3) is 16.7 Å². The Balaban J connectivity index is 2.36. The van der Waals surface area contributed by atoms with Crippen molar-refractivity contribution in [2.24, 2.45) is 0 Å². The highest BCUT2D eigenvalue weighted by atomic mass is 35.5. The molecule has 0 saturated heterocycles. The van der Waals surface area contributed by atoms with Crippen LogP contribution in [0, 0.1) is 24.4 Å². The zero-order valence-corrected chi connectivity index (χ0v) is 11.8. The van der Waals surface area contributed by atoms with Crippen LogP contribution in [0.4, 0.5) is 13.2 Å². The summed E-state index contributed by atoms with van der Waals surface area (Å²) in [7, 11) is 0. The molecule has 1 heterocycles. The molecular weight excluding hydrogens is 301 g/mol. The minimum absolute atomic E-state index is 0.00265. The molecule has 0 N–H and O–H groups in total. The summed E-state index contributed by atoms with van der Waals surface area (Å²) in [5.41, 5.74) is 1.02. The summed E-state index contributed by atoms with van der Waals surface area (Å²) in [6.07, 6.45) is 0. The van der Waals surface area contributed by atoms with E-state index in [1.807, 2.05) is 0 Å². The third-order valence-electron chi connectivity index (χ3n) is 3.27. The maximum Gasteiger partial charge on any atom is 0.147 e. The van der Waals surface area contributed by atoms with E-state index in [0.717, 1.165) is 12.1 Å². The lowest BCUT2D eigenvalue weighted by Gasteiger charge is -2.10. The lowest BCUT2D eigenvalue weighted by atomic mass is 10.2. The summed E-state index contributed by atoms with van der Waals surface area (Å²) < 4.78 is 42.6. The fourth-order valence-electron chi connectivity index (χ4n) is 2.27. The molecule has 0 spiro atoms. The first-order valence-corrected chi connectivity index (χ1v) is 6.73. The monoisotopic (exact) mass is 310 g/mol. The maximum absolute atomic E-state index is 14.2. The second-order valence-electron chi connectivity index (χ2n) is 4.68. The first-order valence-electron chi connectivity index (χ1n) is 6.20. The van der Waals surface area contributed by atoms with Crippen molar-refractivity contribution in [2.75, 3.05) is 0 Å². The van der Waals surface area contributed by atoms with Gasteiger partial charge in [0.15, 0.2) is 0 Å². The molecular formula is C15H10ClF3N2. The van der Waals surface area contributed by atoms with E-state index in [-0.39, 0.29) is 17.1 Å². The highest BCUT2D eigenvalue weighted by molar-refractivity contribution is 6.17. The molecule has 0 aliphatic rings. The van der Waals surface area contributed by atoms with Crippen molar-refractivity contribution >= 4 is 22.6 Å². The van der Waals surface area contributed by atoms with Gasteiger partial charge in [-0.05, 0) is 30.7 Å². The predicted molar refractivity (Wildman–Crippen MR) is 75.2 cm³/mol. The SMILES string of the molecule is Cc1cc(F)c(-n2c(CCl)nc3cc(F)ccc32)cc1F. The molecule has 108 valence electrons. The number of aryl methyl sites for hydroxylation is 1. The van der Waals surface area contributed by atoms with Gasteiger partial charge in [0.25, 0.3) is 0 Å². The summed E-state index contributed by atoms with van der Waals surface area (Å²) in [4.78, 5) is 4.16. The second-order valence-corrected chi connectivity index (χ2v) is 4.95. The number of alkyl halides is 1. The summed E-state index contributed by atoms with van der Waals surface area (Å²) >= 11 is 5.82. The largest absolute Gasteiger partial charge is 0.292 e. The number of rotatable bonds is 2. The molecule has 2 nitrogen and oxygen atoms in total. The zero-order chi connectivity index (χ0) is 15.1. The first kappa shape index (κ1) is 13.9. The third kappa shape index (κ3) is 2.27. The van der Waals surface area contributed by atoms with E-state index >= 15 is 0 Å². The quantitative estimate of drug-likeness (QED) is 0.638. The van der Waals surface area contributed by atoms with Gasteiger partial charge in [-0.1, -0.05) is 0 Å². The van der Waals surface area contributed by atoms with Crippen LogP contribution in [0.1, 0.15) is 11.4 Å². The van der Waals surface area contributed by atoms with Crippen LogP contribution in [0.5, 0.6) is 0 Å². The Morgan fingerprint density at radius 2 is 1.86 bits per heavy atom. The summed E-state index contributed by atoms with van der Waals surface area (Å²) in [6.45, 7) is 1.48. The lowest BCUT2D eigenvalue weighted by Crippen LogP contribution is -2.03. The Kier molecular flexibility index (Phi) is 3.37. The van der Waals surface area contributed by atoms with E-state index in [1.165, 1.54) is 29.7 Å². The molecule has 1 aromatic heterocycles. The lowest BCUT2D eigenvalue weighted by molar-refractivity contribution is 0.585. The second kappa shape index (κ2) is 5.07. The number of hydrogen-bond donors (Lipinski definition) is 0. The molecule has 0 unspecified atom stereocenters. The van der Waals surface area contributed by atoms with Gasteiger partial charge in [-0.3, -0.25) is 4.57 Å². The van der Waals surface area contributed by atoms with Gasteiger partial charge in [-0.2, -0.15) is 0 Å². The highest BCUT2D eigenvalue weighted by Crippen LogP contribution is 2.26. The van der Waals surface area contributed by atoms with E-state index < -0.39 is 17.5 Å². The van der Waals surface area contributed by atoms with Gasteiger partial charge in [0.2, 0.25) is 0 Å². The van der Waals surface area contributed by atoms with Crippen molar-refractivity contribution in [1.82, 2.24) is 9.55 Å². The molecule has 0 radical (unpaired) electrons. The molecule has 21 heavy (non-hydrogen) atoms. The summed E-state index contributed by atoms with van der Waals surface area (Å²) in [5, 5.41) is 0. The molecule has 2 aromatic carbocycles. The molecule has 0 aliphatic heterocycles. The molecule has 0 fully saturated rings. The van der Waals surface area contributed by atoms with Gasteiger partial charge in [0.05, 0.1) is 22.6 Å². The molecule has 0 aliphatic carbocycles. The van der Waals surface area contributed by atoms with Crippen LogP contribution < -0.4 is 0 Å². The van der Waals surface area contributed by atoms with Crippen LogP contribution in [0.3, 0.4) is 0 Å². The molecule has 0 bridgehead atoms. The number of nitrogens with zero attached hydrogens (tertiary/aromatic N) is 2. The fraction of sp³-hybridized carbons (Fsp3) is 0.133. The minimum Gasteiger partial charge on any atom is -0.292 e. The Hall–Kier alpha value is -2.01. The first-order chi connectivity index (χ1) is 10.0. The van der Waals surface area contributed by atoms with Gasteiger partial charge < -0.3 is 0 Å². The molecule has 3 aromatic rings. The molecule has 3 rings (SSSR count). The molecule has 0 saturated carbocycles. The Bertz CT molecular complexity index is 843. The number of imidazole rings is 1. The van der Waals surface area contributed by atoms with E-state index in [4.69, 9.17) is 11.6 Å². The Morgan fingerprint density at radius 1 is 1.10 bits per heavy atom. The predicted octanol–water partition coefficient (Wildman–Crippen LogP) is 4.49. The number of aromatic nitrogens is 2. The number of halogens is 4. The van der Waals surface area contributed by atoms with Crippen molar-refractivity contribution in [1.29, 1.82) is 0 Å².